The van der Waals surface area contributed by atoms with Crippen molar-refractivity contribution >= 4 is 11.6 Å². The number of anilines is 1. The second kappa shape index (κ2) is 5.09. The van der Waals surface area contributed by atoms with Crippen molar-refractivity contribution in [3.05, 3.63) is 29.8 Å². The maximum absolute atomic E-state index is 11.8. The lowest BCUT2D eigenvalue weighted by Crippen LogP contribution is -2.54. The van der Waals surface area contributed by atoms with Crippen LogP contribution in [0.15, 0.2) is 24.3 Å². The fraction of sp³-hybridized carbons (Fsp3) is 0.417. The van der Waals surface area contributed by atoms with Crippen molar-refractivity contribution in [2.75, 3.05) is 25.0 Å². The van der Waals surface area contributed by atoms with Gasteiger partial charge in [0.15, 0.2) is 0 Å². The Balaban J connectivity index is 1.93. The van der Waals surface area contributed by atoms with Gasteiger partial charge >= 0.3 is 0 Å². The molecule has 2 rings (SSSR count). The highest BCUT2D eigenvalue weighted by atomic mass is 16.2. The average molecular weight is 219 g/mol. The van der Waals surface area contributed by atoms with Gasteiger partial charge in [-0.05, 0) is 19.1 Å². The third kappa shape index (κ3) is 2.81. The molecule has 1 amide bonds. The molecule has 1 fully saturated rings. The molecule has 1 aromatic carbocycles. The lowest BCUT2D eigenvalue weighted by molar-refractivity contribution is -0.118. The van der Waals surface area contributed by atoms with Crippen LogP contribution in [0.5, 0.6) is 0 Å². The number of carbonyl (C=O) groups excluding carboxylic acids is 1. The summed E-state index contributed by atoms with van der Waals surface area (Å²) in [6, 6.07) is 7.69. The van der Waals surface area contributed by atoms with Gasteiger partial charge in [0.2, 0.25) is 5.91 Å². The number of nitrogens with one attached hydrogen (secondary N) is 3. The van der Waals surface area contributed by atoms with Gasteiger partial charge in [-0.3, -0.25) is 4.79 Å². The van der Waals surface area contributed by atoms with Crippen LogP contribution >= 0.6 is 0 Å². The maximum Gasteiger partial charge on any atom is 0.242 e. The summed E-state index contributed by atoms with van der Waals surface area (Å²) in [5.74, 6) is 0.0241. The molecule has 0 spiro atoms. The van der Waals surface area contributed by atoms with Crippen LogP contribution in [0.1, 0.15) is 5.56 Å². The number of aryl methyl sites for hydroxylation is 1. The van der Waals surface area contributed by atoms with Crippen LogP contribution < -0.4 is 16.0 Å². The number of carbonyl (C=O) groups is 1. The monoisotopic (exact) mass is 219 g/mol. The molecule has 1 saturated heterocycles. The van der Waals surface area contributed by atoms with Crippen molar-refractivity contribution in [2.45, 2.75) is 13.0 Å². The van der Waals surface area contributed by atoms with Crippen LogP contribution in [0.3, 0.4) is 0 Å². The summed E-state index contributed by atoms with van der Waals surface area (Å²) < 4.78 is 0. The standard InChI is InChI=1S/C12H17N3O/c1-9-2-4-10(5-3-9)15-12(16)11-8-13-6-7-14-11/h2-5,11,13-14H,6-8H2,1H3,(H,15,16). The van der Waals surface area contributed by atoms with E-state index in [4.69, 9.17) is 0 Å². The van der Waals surface area contributed by atoms with Gasteiger partial charge in [-0.2, -0.15) is 0 Å². The fourth-order valence-electron chi connectivity index (χ4n) is 1.71. The Morgan fingerprint density at radius 3 is 2.69 bits per heavy atom. The van der Waals surface area contributed by atoms with E-state index in [0.29, 0.717) is 6.54 Å². The SMILES string of the molecule is Cc1ccc(NC(=O)C2CNCCN2)cc1. The van der Waals surface area contributed by atoms with Crippen LogP contribution in [0.4, 0.5) is 5.69 Å². The van der Waals surface area contributed by atoms with E-state index in [0.717, 1.165) is 18.8 Å². The third-order valence-electron chi connectivity index (χ3n) is 2.68. The van der Waals surface area contributed by atoms with Crippen LogP contribution in [-0.2, 0) is 4.79 Å². The number of benzene rings is 1. The van der Waals surface area contributed by atoms with E-state index in [9.17, 15) is 4.79 Å². The second-order valence-electron chi connectivity index (χ2n) is 4.07. The summed E-state index contributed by atoms with van der Waals surface area (Å²) in [4.78, 5) is 11.8. The molecule has 0 bridgehead atoms. The van der Waals surface area contributed by atoms with Crippen LogP contribution in [0.2, 0.25) is 0 Å². The molecule has 86 valence electrons. The van der Waals surface area contributed by atoms with E-state index in [1.165, 1.54) is 5.56 Å². The van der Waals surface area contributed by atoms with Gasteiger partial charge in [0.25, 0.3) is 0 Å². The van der Waals surface area contributed by atoms with Crippen LogP contribution in [0, 0.1) is 6.92 Å². The minimum atomic E-state index is -0.130. The highest BCUT2D eigenvalue weighted by molar-refractivity contribution is 5.95. The zero-order valence-corrected chi connectivity index (χ0v) is 9.42. The van der Waals surface area contributed by atoms with Crippen LogP contribution in [0.25, 0.3) is 0 Å². The molecule has 1 aliphatic heterocycles. The Hall–Kier alpha value is -1.39. The van der Waals surface area contributed by atoms with E-state index < -0.39 is 0 Å². The molecule has 4 heteroatoms. The minimum absolute atomic E-state index is 0.0241. The molecular weight excluding hydrogens is 202 g/mol. The summed E-state index contributed by atoms with van der Waals surface area (Å²) in [7, 11) is 0. The van der Waals surface area contributed by atoms with Crippen molar-refractivity contribution in [1.82, 2.24) is 10.6 Å². The number of hydrogen-bond donors (Lipinski definition) is 3. The number of rotatable bonds is 2. The molecule has 4 nitrogen and oxygen atoms in total. The first-order chi connectivity index (χ1) is 7.75. The smallest absolute Gasteiger partial charge is 0.242 e. The Morgan fingerprint density at radius 2 is 2.06 bits per heavy atom. The predicted octanol–water partition coefficient (Wildman–Crippen LogP) is 0.495. The van der Waals surface area contributed by atoms with Gasteiger partial charge < -0.3 is 16.0 Å². The van der Waals surface area contributed by atoms with Crippen molar-refractivity contribution in [2.24, 2.45) is 0 Å². The van der Waals surface area contributed by atoms with E-state index in [2.05, 4.69) is 16.0 Å². The van der Waals surface area contributed by atoms with Gasteiger partial charge in [-0.25, -0.2) is 0 Å². The molecule has 0 aromatic heterocycles. The molecule has 1 unspecified atom stereocenters. The predicted molar refractivity (Wildman–Crippen MR) is 64.5 cm³/mol. The second-order valence-corrected chi connectivity index (χ2v) is 4.07. The highest BCUT2D eigenvalue weighted by Crippen LogP contribution is 2.08. The molecule has 0 aliphatic carbocycles. The maximum atomic E-state index is 11.8. The molecular formula is C12H17N3O. The number of amides is 1. The lowest BCUT2D eigenvalue weighted by Gasteiger charge is -2.23. The van der Waals surface area contributed by atoms with E-state index >= 15 is 0 Å². The number of hydrogen-bond acceptors (Lipinski definition) is 3. The minimum Gasteiger partial charge on any atom is -0.325 e. The van der Waals surface area contributed by atoms with Gasteiger partial charge in [0, 0.05) is 25.3 Å². The summed E-state index contributed by atoms with van der Waals surface area (Å²) in [6.45, 7) is 4.48. The Kier molecular flexibility index (Phi) is 3.54. The third-order valence-corrected chi connectivity index (χ3v) is 2.68. The van der Waals surface area contributed by atoms with Crippen molar-refractivity contribution in [3.63, 3.8) is 0 Å². The molecule has 1 aromatic rings. The highest BCUT2D eigenvalue weighted by Gasteiger charge is 2.19. The molecule has 0 saturated carbocycles. The van der Waals surface area contributed by atoms with Crippen LogP contribution in [-0.4, -0.2) is 31.6 Å². The largest absolute Gasteiger partial charge is 0.325 e. The van der Waals surface area contributed by atoms with E-state index in [1.54, 1.807) is 0 Å². The lowest BCUT2D eigenvalue weighted by atomic mass is 10.2. The van der Waals surface area contributed by atoms with Crippen molar-refractivity contribution < 1.29 is 4.79 Å². The molecule has 3 N–H and O–H groups in total. The zero-order chi connectivity index (χ0) is 11.4. The normalized spacial score (nSPS) is 20.4. The Morgan fingerprint density at radius 1 is 1.31 bits per heavy atom. The average Bonchev–Trinajstić information content (AvgIpc) is 2.33. The van der Waals surface area contributed by atoms with Gasteiger partial charge in [0.05, 0.1) is 6.04 Å². The first-order valence-corrected chi connectivity index (χ1v) is 5.57. The number of piperazine rings is 1. The van der Waals surface area contributed by atoms with Crippen molar-refractivity contribution in [3.8, 4) is 0 Å². The Labute approximate surface area is 95.4 Å². The molecule has 16 heavy (non-hydrogen) atoms. The van der Waals surface area contributed by atoms with Gasteiger partial charge in [-0.15, -0.1) is 0 Å². The molecule has 1 atom stereocenters. The molecule has 1 aliphatic rings. The molecule has 1 heterocycles. The van der Waals surface area contributed by atoms with E-state index in [-0.39, 0.29) is 11.9 Å². The van der Waals surface area contributed by atoms with Gasteiger partial charge in [0.1, 0.15) is 0 Å². The topological polar surface area (TPSA) is 53.2 Å². The first kappa shape index (κ1) is 11.1. The van der Waals surface area contributed by atoms with Crippen molar-refractivity contribution in [1.29, 1.82) is 0 Å². The Bertz CT molecular complexity index is 355. The summed E-state index contributed by atoms with van der Waals surface area (Å²) in [5.41, 5.74) is 2.04. The summed E-state index contributed by atoms with van der Waals surface area (Å²) in [6.07, 6.45) is 0. The quantitative estimate of drug-likeness (QED) is 0.678. The van der Waals surface area contributed by atoms with E-state index in [1.807, 2.05) is 31.2 Å². The fourth-order valence-corrected chi connectivity index (χ4v) is 1.71. The first-order valence-electron chi connectivity index (χ1n) is 5.57. The summed E-state index contributed by atoms with van der Waals surface area (Å²) in [5, 5.41) is 9.26. The summed E-state index contributed by atoms with van der Waals surface area (Å²) >= 11 is 0. The zero-order valence-electron chi connectivity index (χ0n) is 9.42. The molecule has 0 radical (unpaired) electrons. The van der Waals surface area contributed by atoms with Gasteiger partial charge in [-0.1, -0.05) is 17.7 Å².